The van der Waals surface area contributed by atoms with Gasteiger partial charge in [0.2, 0.25) is 0 Å². The molecule has 2 atom stereocenters. The fourth-order valence-corrected chi connectivity index (χ4v) is 9.10. The second kappa shape index (κ2) is 14.3. The third-order valence-electron chi connectivity index (χ3n) is 10.5. The van der Waals surface area contributed by atoms with E-state index in [1.165, 1.54) is 34.3 Å². The zero-order valence-corrected chi connectivity index (χ0v) is 30.9. The first kappa shape index (κ1) is 35.0. The first-order valence-corrected chi connectivity index (χ1v) is 18.9. The van der Waals surface area contributed by atoms with Crippen LogP contribution in [0.5, 0.6) is 0 Å². The number of likely N-dealkylation sites (tertiary alicyclic amines) is 1. The summed E-state index contributed by atoms with van der Waals surface area (Å²) < 4.78 is 21.9. The van der Waals surface area contributed by atoms with Crippen LogP contribution in [0.15, 0.2) is 71.6 Å². The molecule has 2 amide bonds. The van der Waals surface area contributed by atoms with Gasteiger partial charge in [0.15, 0.2) is 0 Å². The molecule has 0 N–H and O–H groups in total. The van der Waals surface area contributed by atoms with Crippen molar-refractivity contribution < 1.29 is 18.7 Å². The molecule has 0 spiro atoms. The summed E-state index contributed by atoms with van der Waals surface area (Å²) in [6, 6.07) is 22.0. The lowest BCUT2D eigenvalue weighted by molar-refractivity contribution is 0.0197. The van der Waals surface area contributed by atoms with Crippen molar-refractivity contribution in [2.24, 2.45) is 0 Å². The molecule has 3 aromatic rings. The van der Waals surface area contributed by atoms with Crippen LogP contribution < -0.4 is 9.80 Å². The molecule has 0 aromatic heterocycles. The second-order valence-corrected chi connectivity index (χ2v) is 16.7. The van der Waals surface area contributed by atoms with Crippen molar-refractivity contribution in [3.05, 3.63) is 88.7 Å². The molecule has 4 aliphatic heterocycles. The smallest absolute Gasteiger partial charge is 0.410 e. The topological polar surface area (TPSA) is 59.6 Å². The lowest BCUT2D eigenvalue weighted by Gasteiger charge is -2.48. The van der Waals surface area contributed by atoms with Gasteiger partial charge in [-0.25, -0.2) is 13.5 Å². The fraction of sp³-hybridized carbons (Fsp3) is 0.487. The molecule has 3 aromatic carbocycles. The number of likely N-dealkylation sites (N-methyl/N-ethyl adjacent to an activating group) is 1. The van der Waals surface area contributed by atoms with Crippen LogP contribution >= 0.6 is 23.5 Å². The van der Waals surface area contributed by atoms with Crippen molar-refractivity contribution in [1.29, 1.82) is 0 Å². The predicted molar refractivity (Wildman–Crippen MR) is 199 cm³/mol. The van der Waals surface area contributed by atoms with E-state index in [9.17, 15) is 14.0 Å². The third-order valence-corrected chi connectivity index (χ3v) is 11.9. The number of ether oxygens (including phenoxy) is 1. The number of piperazine rings is 1. The Labute approximate surface area is 304 Å². The Bertz CT molecular complexity index is 1700. The monoisotopic (exact) mass is 719 g/mol. The van der Waals surface area contributed by atoms with Gasteiger partial charge in [0.25, 0.3) is 5.91 Å². The van der Waals surface area contributed by atoms with Crippen LogP contribution in [0, 0.1) is 5.82 Å². The number of piperidine rings is 1. The van der Waals surface area contributed by atoms with Crippen LogP contribution in [0.4, 0.5) is 20.6 Å². The molecule has 4 aliphatic rings. The van der Waals surface area contributed by atoms with Gasteiger partial charge in [-0.15, -0.1) is 0 Å². The molecular formula is C39H47ClFN5O3S. The van der Waals surface area contributed by atoms with Crippen LogP contribution in [-0.4, -0.2) is 96.1 Å². The van der Waals surface area contributed by atoms with Gasteiger partial charge in [0.1, 0.15) is 11.4 Å². The predicted octanol–water partition coefficient (Wildman–Crippen LogP) is 7.91. The van der Waals surface area contributed by atoms with Gasteiger partial charge in [0.05, 0.1) is 28.0 Å². The van der Waals surface area contributed by atoms with E-state index in [4.69, 9.17) is 16.3 Å². The largest absolute Gasteiger partial charge is 0.444 e. The van der Waals surface area contributed by atoms with Crippen molar-refractivity contribution in [3.8, 4) is 0 Å². The molecular weight excluding hydrogens is 673 g/mol. The van der Waals surface area contributed by atoms with Gasteiger partial charge in [-0.1, -0.05) is 41.9 Å². The highest BCUT2D eigenvalue weighted by Crippen LogP contribution is 2.44. The van der Waals surface area contributed by atoms with E-state index in [0.717, 1.165) is 57.5 Å². The number of carbonyl (C=O) groups is 2. The van der Waals surface area contributed by atoms with E-state index in [-0.39, 0.29) is 35.1 Å². The number of rotatable bonds is 7. The molecule has 11 heteroatoms. The average Bonchev–Trinajstić information content (AvgIpc) is 3.32. The Morgan fingerprint density at radius 3 is 2.20 bits per heavy atom. The highest BCUT2D eigenvalue weighted by Gasteiger charge is 2.44. The molecule has 266 valence electrons. The van der Waals surface area contributed by atoms with Crippen LogP contribution in [-0.2, 0) is 4.74 Å². The molecule has 8 nitrogen and oxygen atoms in total. The van der Waals surface area contributed by atoms with E-state index in [2.05, 4.69) is 62.6 Å². The van der Waals surface area contributed by atoms with Gasteiger partial charge in [-0.3, -0.25) is 4.79 Å². The van der Waals surface area contributed by atoms with Crippen molar-refractivity contribution in [2.45, 2.75) is 81.0 Å². The minimum absolute atomic E-state index is 0.0595. The average molecular weight is 720 g/mol. The molecule has 4 saturated heterocycles. The molecule has 50 heavy (non-hydrogen) atoms. The second-order valence-electron chi connectivity index (χ2n) is 15.1. The molecule has 0 radical (unpaired) electrons. The molecule has 4 fully saturated rings. The number of carbonyl (C=O) groups excluding carboxylic acids is 2. The Hall–Kier alpha value is -3.47. The number of nitrogens with zero attached hydrogens (tertiary/aromatic N) is 5. The van der Waals surface area contributed by atoms with Crippen molar-refractivity contribution in [1.82, 2.24) is 14.1 Å². The number of hydrogen-bond acceptors (Lipinski definition) is 7. The fourth-order valence-electron chi connectivity index (χ4n) is 7.86. The maximum Gasteiger partial charge on any atom is 0.410 e. The number of benzene rings is 3. The quantitative estimate of drug-likeness (QED) is 0.230. The van der Waals surface area contributed by atoms with Gasteiger partial charge in [-0.05, 0) is 106 Å². The number of fused-ring (bicyclic) bond motifs is 2. The van der Waals surface area contributed by atoms with E-state index in [1.54, 1.807) is 4.90 Å². The molecule has 0 aliphatic carbocycles. The molecule has 7 rings (SSSR count). The van der Waals surface area contributed by atoms with Gasteiger partial charge in [-0.2, -0.15) is 0 Å². The highest BCUT2D eigenvalue weighted by molar-refractivity contribution is 7.97. The molecule has 2 unspecified atom stereocenters. The van der Waals surface area contributed by atoms with Crippen LogP contribution in [0.2, 0.25) is 5.02 Å². The zero-order valence-electron chi connectivity index (χ0n) is 29.4. The number of amides is 2. The summed E-state index contributed by atoms with van der Waals surface area (Å²) in [6.07, 6.45) is 3.95. The van der Waals surface area contributed by atoms with Crippen molar-refractivity contribution >= 4 is 46.9 Å². The lowest BCUT2D eigenvalue weighted by Crippen LogP contribution is -2.61. The third kappa shape index (κ3) is 7.44. The summed E-state index contributed by atoms with van der Waals surface area (Å²) in [5.74, 6) is 0.00198. The van der Waals surface area contributed by atoms with Crippen LogP contribution in [0.25, 0.3) is 0 Å². The number of hydrogen-bond donors (Lipinski definition) is 0. The number of anilines is 2. The standard InChI is InChI=1S/C39H47ClFN5O3S/c1-39(2,3)49-38(48)42(4)31-24-43(25-31)35-15-13-32(50-45-18-16-27(17-19-45)26-8-6-5-7-9-26)21-36(35)46-29-11-12-30(46)23-44(22-29)37(47)33-14-10-28(41)20-34(33)40/h5-10,13-15,20-21,27,29-31H,11-12,16-19,22-25H2,1-4H3. The van der Waals surface area contributed by atoms with E-state index in [0.29, 0.717) is 24.6 Å². The summed E-state index contributed by atoms with van der Waals surface area (Å²) in [5.41, 5.74) is 3.58. The SMILES string of the molecule is CN(C(=O)OC(C)(C)C)C1CN(c2ccc(SN3CCC(c4ccccc4)CC3)cc2N2C3CCC2CN(C(=O)c2ccc(F)cc2Cl)C3)C1. The van der Waals surface area contributed by atoms with Gasteiger partial charge in [0, 0.05) is 63.3 Å². The summed E-state index contributed by atoms with van der Waals surface area (Å²) in [5, 5.41) is 0.147. The Balaban J connectivity index is 1.09. The Morgan fingerprint density at radius 1 is 0.880 bits per heavy atom. The molecule has 2 bridgehead atoms. The first-order valence-electron chi connectivity index (χ1n) is 17.8. The van der Waals surface area contributed by atoms with Crippen LogP contribution in [0.3, 0.4) is 0 Å². The minimum atomic E-state index is -0.545. The minimum Gasteiger partial charge on any atom is -0.444 e. The Morgan fingerprint density at radius 2 is 1.56 bits per heavy atom. The van der Waals surface area contributed by atoms with E-state index < -0.39 is 11.4 Å². The Kier molecular flexibility index (Phi) is 9.98. The van der Waals surface area contributed by atoms with Crippen molar-refractivity contribution in [2.75, 3.05) is 56.1 Å². The summed E-state index contributed by atoms with van der Waals surface area (Å²) in [7, 11) is 1.82. The normalized spacial score (nSPS) is 21.7. The van der Waals surface area contributed by atoms with Gasteiger partial charge >= 0.3 is 6.09 Å². The summed E-state index contributed by atoms with van der Waals surface area (Å²) in [6.45, 7) is 10.3. The van der Waals surface area contributed by atoms with E-state index in [1.807, 2.05) is 44.7 Å². The first-order chi connectivity index (χ1) is 23.9. The van der Waals surface area contributed by atoms with Gasteiger partial charge < -0.3 is 24.3 Å². The maximum absolute atomic E-state index is 13.8. The number of halogens is 2. The maximum atomic E-state index is 13.8. The molecule has 0 saturated carbocycles. The highest BCUT2D eigenvalue weighted by atomic mass is 35.5. The van der Waals surface area contributed by atoms with Crippen LogP contribution in [0.1, 0.15) is 68.3 Å². The summed E-state index contributed by atoms with van der Waals surface area (Å²) in [4.78, 5) is 36.1. The zero-order chi connectivity index (χ0) is 35.2. The molecule has 4 heterocycles. The van der Waals surface area contributed by atoms with E-state index >= 15 is 0 Å². The summed E-state index contributed by atoms with van der Waals surface area (Å²) >= 11 is 8.15. The lowest BCUT2D eigenvalue weighted by atomic mass is 9.90. The van der Waals surface area contributed by atoms with Crippen molar-refractivity contribution in [3.63, 3.8) is 0 Å².